The number of carbonyl (C=O) groups is 1. The number of rotatable bonds is 7. The van der Waals surface area contributed by atoms with E-state index in [9.17, 15) is 22.8 Å². The van der Waals surface area contributed by atoms with Gasteiger partial charge in [0.2, 0.25) is 0 Å². The average Bonchev–Trinajstić information content (AvgIpc) is 3.13. The van der Waals surface area contributed by atoms with E-state index in [-0.39, 0.29) is 30.0 Å². The number of alkyl halides is 3. The number of amides is 1. The third-order valence-corrected chi connectivity index (χ3v) is 8.04. The van der Waals surface area contributed by atoms with E-state index in [1.807, 2.05) is 43.7 Å². The van der Waals surface area contributed by atoms with Crippen LogP contribution in [0.3, 0.4) is 0 Å². The highest BCUT2D eigenvalue weighted by Crippen LogP contribution is 2.35. The van der Waals surface area contributed by atoms with Gasteiger partial charge in [-0.05, 0) is 77.1 Å². The first-order chi connectivity index (χ1) is 17.5. The lowest BCUT2D eigenvalue weighted by atomic mass is 9.90. The summed E-state index contributed by atoms with van der Waals surface area (Å²) in [6.45, 7) is 5.71. The highest BCUT2D eigenvalue weighted by molar-refractivity contribution is 7.98. The maximum Gasteiger partial charge on any atom is 0.401 e. The van der Waals surface area contributed by atoms with Crippen LogP contribution in [0.15, 0.2) is 34.1 Å². The van der Waals surface area contributed by atoms with Crippen molar-refractivity contribution in [3.8, 4) is 0 Å². The maximum atomic E-state index is 13.4. The number of aromatic amines is 1. The summed E-state index contributed by atoms with van der Waals surface area (Å²) in [6, 6.07) is 5.47. The van der Waals surface area contributed by atoms with Gasteiger partial charge in [-0.15, -0.1) is 11.8 Å². The van der Waals surface area contributed by atoms with Crippen molar-refractivity contribution in [3.63, 3.8) is 0 Å². The fraction of sp³-hybridized carbons (Fsp3) is 0.500. The normalized spacial score (nSPS) is 16.3. The fourth-order valence-electron chi connectivity index (χ4n) is 5.39. The number of aromatic nitrogens is 3. The van der Waals surface area contributed by atoms with Crippen molar-refractivity contribution >= 4 is 28.7 Å². The molecule has 0 saturated carbocycles. The quantitative estimate of drug-likeness (QED) is 0.424. The van der Waals surface area contributed by atoms with E-state index >= 15 is 0 Å². The van der Waals surface area contributed by atoms with Crippen LogP contribution in [0.4, 0.5) is 13.2 Å². The first kappa shape index (κ1) is 27.3. The van der Waals surface area contributed by atoms with Crippen molar-refractivity contribution in [2.24, 2.45) is 5.92 Å². The van der Waals surface area contributed by atoms with Gasteiger partial charge in [0.1, 0.15) is 5.65 Å². The number of likely N-dealkylation sites (tertiary alicyclic amines) is 1. The van der Waals surface area contributed by atoms with Crippen LogP contribution in [-0.4, -0.2) is 57.4 Å². The van der Waals surface area contributed by atoms with Crippen molar-refractivity contribution in [2.75, 3.05) is 25.9 Å². The minimum atomic E-state index is -4.20. The van der Waals surface area contributed by atoms with Gasteiger partial charge >= 0.3 is 6.18 Å². The molecule has 1 saturated heterocycles. The van der Waals surface area contributed by atoms with Crippen LogP contribution in [0.1, 0.15) is 53.1 Å². The molecule has 1 atom stereocenters. The Morgan fingerprint density at radius 3 is 2.65 bits per heavy atom. The number of nitrogens with one attached hydrogen (secondary N) is 2. The molecule has 200 valence electrons. The van der Waals surface area contributed by atoms with Gasteiger partial charge in [-0.25, -0.2) is 4.98 Å². The summed E-state index contributed by atoms with van der Waals surface area (Å²) in [5.74, 6) is -0.138. The zero-order valence-electron chi connectivity index (χ0n) is 21.4. The van der Waals surface area contributed by atoms with Gasteiger partial charge in [0, 0.05) is 46.0 Å². The Labute approximate surface area is 217 Å². The van der Waals surface area contributed by atoms with Crippen molar-refractivity contribution in [2.45, 2.75) is 57.3 Å². The Morgan fingerprint density at radius 2 is 2.00 bits per heavy atom. The standard InChI is InChI=1S/C26H32F3N5O2S/c1-15-12-21(37-4)20(24(35)32-15)13-31-25(36)22-17(3)34(23-19(22)6-5-9-30-23)16(2)18-7-10-33(11-8-18)14-26(27,28)29/h5-6,9,12,16,18H,7-8,10-11,13-14H2,1-4H3,(H,31,36)(H,32,35)/t16-/m1/s1. The molecule has 3 aromatic rings. The number of aryl methyl sites for hydroxylation is 1. The molecule has 0 unspecified atom stereocenters. The summed E-state index contributed by atoms with van der Waals surface area (Å²) in [5, 5.41) is 3.63. The van der Waals surface area contributed by atoms with Gasteiger partial charge in [-0.2, -0.15) is 13.2 Å². The van der Waals surface area contributed by atoms with Crippen LogP contribution in [0.5, 0.6) is 0 Å². The van der Waals surface area contributed by atoms with E-state index in [4.69, 9.17) is 0 Å². The van der Waals surface area contributed by atoms with Crippen molar-refractivity contribution in [1.82, 2.24) is 24.8 Å². The molecule has 1 amide bonds. The molecule has 0 radical (unpaired) electrons. The van der Waals surface area contributed by atoms with Gasteiger partial charge in [-0.1, -0.05) is 0 Å². The lowest BCUT2D eigenvalue weighted by Gasteiger charge is -2.36. The predicted molar refractivity (Wildman–Crippen MR) is 139 cm³/mol. The predicted octanol–water partition coefficient (Wildman–Crippen LogP) is 4.83. The number of hydrogen-bond acceptors (Lipinski definition) is 5. The molecule has 1 aliphatic heterocycles. The number of hydrogen-bond donors (Lipinski definition) is 2. The highest BCUT2D eigenvalue weighted by Gasteiger charge is 2.34. The Bertz CT molecular complexity index is 1340. The van der Waals surface area contributed by atoms with Gasteiger partial charge in [-0.3, -0.25) is 14.5 Å². The number of nitrogens with zero attached hydrogens (tertiary/aromatic N) is 3. The second-order valence-corrected chi connectivity index (χ2v) is 10.5. The topological polar surface area (TPSA) is 83.0 Å². The summed E-state index contributed by atoms with van der Waals surface area (Å²) >= 11 is 1.45. The number of pyridine rings is 2. The van der Waals surface area contributed by atoms with E-state index in [2.05, 4.69) is 15.3 Å². The Balaban J connectivity index is 1.58. The molecular weight excluding hydrogens is 503 g/mol. The number of halogens is 3. The molecule has 37 heavy (non-hydrogen) atoms. The van der Waals surface area contributed by atoms with Crippen LogP contribution < -0.4 is 10.9 Å². The van der Waals surface area contributed by atoms with Gasteiger partial charge in [0.05, 0.1) is 12.1 Å². The first-order valence-corrected chi connectivity index (χ1v) is 13.5. The van der Waals surface area contributed by atoms with E-state index in [1.54, 1.807) is 12.3 Å². The zero-order valence-corrected chi connectivity index (χ0v) is 22.2. The van der Waals surface area contributed by atoms with Crippen molar-refractivity contribution in [1.29, 1.82) is 0 Å². The minimum Gasteiger partial charge on any atom is -0.348 e. The van der Waals surface area contributed by atoms with E-state index < -0.39 is 12.7 Å². The highest BCUT2D eigenvalue weighted by atomic mass is 32.2. The number of H-pyrrole nitrogens is 1. The fourth-order valence-corrected chi connectivity index (χ4v) is 6.10. The molecule has 3 aromatic heterocycles. The third-order valence-electron chi connectivity index (χ3n) is 7.23. The molecular formula is C26H32F3N5O2S. The molecule has 2 N–H and O–H groups in total. The summed E-state index contributed by atoms with van der Waals surface area (Å²) < 4.78 is 40.5. The van der Waals surface area contributed by atoms with Crippen LogP contribution in [0.2, 0.25) is 0 Å². The molecule has 7 nitrogen and oxygen atoms in total. The number of thioether (sulfide) groups is 1. The second-order valence-electron chi connectivity index (χ2n) is 9.69. The van der Waals surface area contributed by atoms with E-state index in [1.165, 1.54) is 16.7 Å². The lowest BCUT2D eigenvalue weighted by Crippen LogP contribution is -2.41. The number of carbonyl (C=O) groups excluding carboxylic acids is 1. The number of piperidine rings is 1. The molecule has 0 aliphatic carbocycles. The minimum absolute atomic E-state index is 0.0463. The maximum absolute atomic E-state index is 13.4. The Morgan fingerprint density at radius 1 is 1.30 bits per heavy atom. The largest absolute Gasteiger partial charge is 0.401 e. The van der Waals surface area contributed by atoms with Crippen LogP contribution >= 0.6 is 11.8 Å². The summed E-state index contributed by atoms with van der Waals surface area (Å²) in [5.41, 5.74) is 2.96. The van der Waals surface area contributed by atoms with Gasteiger partial charge < -0.3 is 14.9 Å². The third kappa shape index (κ3) is 5.87. The van der Waals surface area contributed by atoms with E-state index in [0.717, 1.165) is 16.3 Å². The second kappa shape index (κ2) is 10.9. The number of fused-ring (bicyclic) bond motifs is 1. The van der Waals surface area contributed by atoms with E-state index in [0.29, 0.717) is 48.1 Å². The molecule has 11 heteroatoms. The first-order valence-electron chi connectivity index (χ1n) is 12.3. The molecule has 0 aromatic carbocycles. The van der Waals surface area contributed by atoms with Crippen molar-refractivity contribution < 1.29 is 18.0 Å². The summed E-state index contributed by atoms with van der Waals surface area (Å²) in [7, 11) is 0. The van der Waals surface area contributed by atoms with Crippen LogP contribution in [-0.2, 0) is 6.54 Å². The van der Waals surface area contributed by atoms with Crippen LogP contribution in [0, 0.1) is 19.8 Å². The molecule has 0 bridgehead atoms. The van der Waals surface area contributed by atoms with Gasteiger partial charge in [0.25, 0.3) is 11.5 Å². The average molecular weight is 536 g/mol. The zero-order chi connectivity index (χ0) is 26.9. The smallest absolute Gasteiger partial charge is 0.348 e. The summed E-state index contributed by atoms with van der Waals surface area (Å²) in [6.07, 6.45) is 0.641. The molecule has 4 rings (SSSR count). The molecule has 4 heterocycles. The van der Waals surface area contributed by atoms with Gasteiger partial charge in [0.15, 0.2) is 0 Å². The Kier molecular flexibility index (Phi) is 8.03. The lowest BCUT2D eigenvalue weighted by molar-refractivity contribution is -0.149. The summed E-state index contributed by atoms with van der Waals surface area (Å²) in [4.78, 5) is 35.6. The Hall–Kier alpha value is -2.79. The molecule has 1 fully saturated rings. The SMILES string of the molecule is CSc1cc(C)[nH]c(=O)c1CNC(=O)c1c(C)n([C@H](C)C2CCN(CC(F)(F)F)CC2)c2ncccc12. The molecule has 0 spiro atoms. The monoisotopic (exact) mass is 535 g/mol. The molecule has 1 aliphatic rings. The van der Waals surface area contributed by atoms with Crippen molar-refractivity contribution in [3.05, 3.63) is 57.3 Å². The van der Waals surface area contributed by atoms with Crippen LogP contribution in [0.25, 0.3) is 11.0 Å².